The van der Waals surface area contributed by atoms with Crippen molar-refractivity contribution >= 4 is 17.5 Å². The number of hydrogen-bond donors (Lipinski definition) is 0. The molecule has 2 rings (SSSR count). The van der Waals surface area contributed by atoms with Crippen LogP contribution >= 0.6 is 11.6 Å². The first-order valence-electron chi connectivity index (χ1n) is 8.89. The van der Waals surface area contributed by atoms with E-state index in [1.165, 1.54) is 0 Å². The molecule has 0 saturated heterocycles. The van der Waals surface area contributed by atoms with E-state index < -0.39 is 0 Å². The first-order chi connectivity index (χ1) is 11.3. The Morgan fingerprint density at radius 1 is 0.958 bits per heavy atom. The van der Waals surface area contributed by atoms with Crippen LogP contribution in [0, 0.1) is 0 Å². The molecule has 0 bridgehead atoms. The summed E-state index contributed by atoms with van der Waals surface area (Å²) in [6, 6.07) is 0. The molecule has 0 amide bonds. The third kappa shape index (κ3) is 3.82. The molecule has 0 aromatic carbocycles. The van der Waals surface area contributed by atoms with Gasteiger partial charge in [0.1, 0.15) is 5.82 Å². The second-order valence-corrected chi connectivity index (χ2v) is 7.69. The summed E-state index contributed by atoms with van der Waals surface area (Å²) in [5, 5.41) is 0.263. The van der Waals surface area contributed by atoms with E-state index in [2.05, 4.69) is 78.7 Å². The Balaban J connectivity index is 2.25. The Bertz CT molecular complexity index is 595. The Morgan fingerprint density at radius 2 is 1.62 bits per heavy atom. The number of rotatable bonds is 6. The highest BCUT2D eigenvalue weighted by Crippen LogP contribution is 2.28. The van der Waals surface area contributed by atoms with Crippen LogP contribution in [0.2, 0.25) is 5.28 Å². The van der Waals surface area contributed by atoms with Gasteiger partial charge in [0.25, 0.3) is 0 Å². The lowest BCUT2D eigenvalue weighted by molar-refractivity contribution is 0.150. The summed E-state index contributed by atoms with van der Waals surface area (Å²) in [4.78, 5) is 17.8. The van der Waals surface area contributed by atoms with Crippen molar-refractivity contribution in [3.63, 3.8) is 0 Å². The molecule has 1 aliphatic heterocycles. The van der Waals surface area contributed by atoms with Crippen molar-refractivity contribution in [2.24, 2.45) is 0 Å². The quantitative estimate of drug-likeness (QED) is 0.760. The highest BCUT2D eigenvalue weighted by atomic mass is 35.5. The average molecular weight is 352 g/mol. The monoisotopic (exact) mass is 351 g/mol. The van der Waals surface area contributed by atoms with Gasteiger partial charge >= 0.3 is 0 Å². The van der Waals surface area contributed by atoms with Gasteiger partial charge < -0.3 is 9.80 Å². The lowest BCUT2D eigenvalue weighted by Crippen LogP contribution is -2.48. The van der Waals surface area contributed by atoms with Crippen LogP contribution in [0.4, 0.5) is 5.95 Å². The number of anilines is 1. The summed E-state index contributed by atoms with van der Waals surface area (Å²) in [6.07, 6.45) is 7.41. The van der Waals surface area contributed by atoms with Crippen molar-refractivity contribution in [2.75, 3.05) is 18.0 Å². The van der Waals surface area contributed by atoms with E-state index >= 15 is 0 Å². The first-order valence-corrected chi connectivity index (χ1v) is 9.27. The maximum atomic E-state index is 6.16. The van der Waals surface area contributed by atoms with E-state index in [0.29, 0.717) is 5.95 Å². The predicted octanol–water partition coefficient (Wildman–Crippen LogP) is 4.38. The van der Waals surface area contributed by atoms with Gasteiger partial charge in [-0.25, -0.2) is 4.98 Å². The fourth-order valence-electron chi connectivity index (χ4n) is 2.73. The normalized spacial score (nSPS) is 16.0. The van der Waals surface area contributed by atoms with Crippen molar-refractivity contribution in [1.82, 2.24) is 19.9 Å². The van der Waals surface area contributed by atoms with Crippen molar-refractivity contribution < 1.29 is 0 Å². The fourth-order valence-corrected chi connectivity index (χ4v) is 2.88. The van der Waals surface area contributed by atoms with Crippen LogP contribution in [0.1, 0.15) is 66.6 Å². The van der Waals surface area contributed by atoms with Crippen LogP contribution in [0.15, 0.2) is 12.4 Å². The van der Waals surface area contributed by atoms with Crippen LogP contribution < -0.4 is 4.90 Å². The molecule has 0 atom stereocenters. The van der Waals surface area contributed by atoms with Crippen LogP contribution in [-0.2, 0) is 5.41 Å². The largest absolute Gasteiger partial charge is 0.369 e. The highest BCUT2D eigenvalue weighted by molar-refractivity contribution is 6.28. The molecule has 0 saturated carbocycles. The third-order valence-corrected chi connectivity index (χ3v) is 5.74. The lowest BCUT2D eigenvalue weighted by atomic mass is 9.89. The number of nitrogens with zero attached hydrogens (tertiary/aromatic N) is 5. The number of hydrogen-bond acceptors (Lipinski definition) is 5. The van der Waals surface area contributed by atoms with Gasteiger partial charge in [0.15, 0.2) is 0 Å². The predicted molar refractivity (Wildman–Crippen MR) is 100 cm³/mol. The van der Waals surface area contributed by atoms with Crippen molar-refractivity contribution in [3.05, 3.63) is 23.5 Å². The minimum absolute atomic E-state index is 0.115. The minimum atomic E-state index is -0.115. The zero-order chi connectivity index (χ0) is 18.0. The molecular weight excluding hydrogens is 322 g/mol. The standard InChI is InChI=1S/C18H30ClN5/c1-7-17(4,5)14-20-15(19)22-16(21-14)23-10-12-24(13-11-23)18(6,8-2)9-3/h10,12H,7-9,11,13H2,1-6H3. The molecule has 0 N–H and O–H groups in total. The van der Waals surface area contributed by atoms with Crippen molar-refractivity contribution in [2.45, 2.75) is 71.8 Å². The van der Waals surface area contributed by atoms with Crippen LogP contribution in [0.25, 0.3) is 0 Å². The summed E-state index contributed by atoms with van der Waals surface area (Å²) in [7, 11) is 0. The lowest BCUT2D eigenvalue weighted by Gasteiger charge is -2.43. The van der Waals surface area contributed by atoms with Crippen molar-refractivity contribution in [3.8, 4) is 0 Å². The second-order valence-electron chi connectivity index (χ2n) is 7.35. The summed E-state index contributed by atoms with van der Waals surface area (Å²) < 4.78 is 0. The van der Waals surface area contributed by atoms with E-state index in [1.54, 1.807) is 0 Å². The molecule has 1 aromatic rings. The molecule has 0 fully saturated rings. The van der Waals surface area contributed by atoms with Gasteiger partial charge in [0, 0.05) is 36.4 Å². The van der Waals surface area contributed by atoms with E-state index in [9.17, 15) is 0 Å². The maximum Gasteiger partial charge on any atom is 0.234 e. The molecule has 24 heavy (non-hydrogen) atoms. The second kappa shape index (κ2) is 7.26. The first kappa shape index (κ1) is 19.0. The van der Waals surface area contributed by atoms with Gasteiger partial charge in [-0.3, -0.25) is 0 Å². The van der Waals surface area contributed by atoms with E-state index in [-0.39, 0.29) is 16.2 Å². The molecule has 0 unspecified atom stereocenters. The van der Waals surface area contributed by atoms with Gasteiger partial charge in [0.2, 0.25) is 11.2 Å². The topological polar surface area (TPSA) is 45.2 Å². The molecule has 5 nitrogen and oxygen atoms in total. The summed E-state index contributed by atoms with van der Waals surface area (Å²) >= 11 is 6.16. The summed E-state index contributed by atoms with van der Waals surface area (Å²) in [6.45, 7) is 15.0. The molecule has 6 heteroatoms. The van der Waals surface area contributed by atoms with Gasteiger partial charge in [-0.05, 0) is 37.8 Å². The zero-order valence-corrected chi connectivity index (χ0v) is 16.6. The van der Waals surface area contributed by atoms with Gasteiger partial charge in [-0.1, -0.05) is 34.6 Å². The number of aromatic nitrogens is 3. The van der Waals surface area contributed by atoms with Crippen LogP contribution in [0.3, 0.4) is 0 Å². The molecule has 134 valence electrons. The molecule has 1 aromatic heterocycles. The fraction of sp³-hybridized carbons (Fsp3) is 0.722. The molecule has 2 heterocycles. The maximum absolute atomic E-state index is 6.16. The third-order valence-electron chi connectivity index (χ3n) is 5.57. The Morgan fingerprint density at radius 3 is 2.12 bits per heavy atom. The van der Waals surface area contributed by atoms with Crippen molar-refractivity contribution in [1.29, 1.82) is 0 Å². The van der Waals surface area contributed by atoms with Gasteiger partial charge in [0.05, 0.1) is 0 Å². The number of halogens is 1. The molecule has 0 spiro atoms. The van der Waals surface area contributed by atoms with E-state index in [4.69, 9.17) is 11.6 Å². The molecule has 0 radical (unpaired) electrons. The van der Waals surface area contributed by atoms with E-state index in [1.807, 2.05) is 0 Å². The smallest absolute Gasteiger partial charge is 0.234 e. The molecular formula is C18H30ClN5. The molecule has 1 aliphatic rings. The van der Waals surface area contributed by atoms with Gasteiger partial charge in [-0.2, -0.15) is 9.97 Å². The molecule has 0 aliphatic carbocycles. The van der Waals surface area contributed by atoms with Crippen LogP contribution in [0.5, 0.6) is 0 Å². The Kier molecular flexibility index (Phi) is 5.74. The Hall–Kier alpha value is -1.36. The summed E-state index contributed by atoms with van der Waals surface area (Å²) in [5.74, 6) is 1.39. The average Bonchev–Trinajstić information content (AvgIpc) is 2.60. The Labute approximate surface area is 151 Å². The highest BCUT2D eigenvalue weighted by Gasteiger charge is 2.29. The SMILES string of the molecule is CCC(C)(C)c1nc(Cl)nc(N2C=CN(C(C)(CC)CC)CC2)n1. The zero-order valence-electron chi connectivity index (χ0n) is 15.8. The van der Waals surface area contributed by atoms with Crippen LogP contribution in [-0.4, -0.2) is 38.5 Å². The van der Waals surface area contributed by atoms with E-state index in [0.717, 1.165) is 38.2 Å². The minimum Gasteiger partial charge on any atom is -0.369 e. The summed E-state index contributed by atoms with van der Waals surface area (Å²) in [5.41, 5.74) is 0.0879. The van der Waals surface area contributed by atoms with Gasteiger partial charge in [-0.15, -0.1) is 0 Å².